The smallest absolute Gasteiger partial charge is 0.412 e. The van der Waals surface area contributed by atoms with Gasteiger partial charge < -0.3 is 23.8 Å². The van der Waals surface area contributed by atoms with Crippen LogP contribution in [-0.4, -0.2) is 90.4 Å². The highest BCUT2D eigenvalue weighted by Gasteiger charge is 2.50. The number of aromatic nitrogens is 2. The molecule has 3 saturated heterocycles. The van der Waals surface area contributed by atoms with Crippen molar-refractivity contribution in [3.8, 4) is 29.0 Å². The molecule has 0 spiro atoms. The molecule has 0 bridgehead atoms. The molecule has 0 aliphatic carbocycles. The summed E-state index contributed by atoms with van der Waals surface area (Å²) in [6, 6.07) is 4.24. The summed E-state index contributed by atoms with van der Waals surface area (Å²) in [6.45, 7) is 6.88. The predicted molar refractivity (Wildman–Crippen MR) is 190 cm³/mol. The number of ether oxygens (including phenoxy) is 4. The van der Waals surface area contributed by atoms with Crippen LogP contribution in [0.3, 0.4) is 0 Å². The Kier molecular flexibility index (Phi) is 8.60. The van der Waals surface area contributed by atoms with Crippen LogP contribution in [0.25, 0.3) is 32.1 Å². The number of anilines is 2. The average Bonchev–Trinajstić information content (AvgIpc) is 3.70. The number of halogens is 4. The van der Waals surface area contributed by atoms with E-state index in [1.807, 2.05) is 4.90 Å². The number of carbonyl (C=O) groups excluding carboxylic acids is 1. The first-order valence-corrected chi connectivity index (χ1v) is 18.3. The molecular formula is C36H36ClF3N6O5S. The van der Waals surface area contributed by atoms with Crippen LogP contribution in [0.4, 0.5) is 28.8 Å². The maximum atomic E-state index is 17.4. The van der Waals surface area contributed by atoms with E-state index in [0.29, 0.717) is 25.4 Å². The van der Waals surface area contributed by atoms with Crippen LogP contribution in [0, 0.1) is 23.0 Å². The van der Waals surface area contributed by atoms with Crippen molar-refractivity contribution in [1.82, 2.24) is 14.9 Å². The van der Waals surface area contributed by atoms with E-state index in [4.69, 9.17) is 35.5 Å². The zero-order chi connectivity index (χ0) is 36.7. The Morgan fingerprint density at radius 2 is 2.08 bits per heavy atom. The Labute approximate surface area is 306 Å². The molecule has 1 amide bonds. The number of thiophene rings is 1. The fraction of sp³-hybridized carbons (Fsp3) is 0.500. The lowest BCUT2D eigenvalue weighted by Crippen LogP contribution is -2.60. The molecule has 0 radical (unpaired) electrons. The van der Waals surface area contributed by atoms with Crippen LogP contribution in [0.1, 0.15) is 52.0 Å². The predicted octanol–water partition coefficient (Wildman–Crippen LogP) is 7.60. The van der Waals surface area contributed by atoms with Crippen molar-refractivity contribution in [2.75, 3.05) is 50.2 Å². The molecular weight excluding hydrogens is 721 g/mol. The van der Waals surface area contributed by atoms with Crippen molar-refractivity contribution in [1.29, 1.82) is 5.26 Å². The lowest BCUT2D eigenvalue weighted by molar-refractivity contribution is 0.0636. The van der Waals surface area contributed by atoms with Crippen molar-refractivity contribution in [2.24, 2.45) is 0 Å². The molecule has 4 aliphatic heterocycles. The van der Waals surface area contributed by atoms with Crippen molar-refractivity contribution in [2.45, 2.75) is 75.8 Å². The van der Waals surface area contributed by atoms with E-state index in [-0.39, 0.29) is 84.8 Å². The Hall–Kier alpha value is -4.10. The first kappa shape index (κ1) is 35.0. The van der Waals surface area contributed by atoms with Crippen LogP contribution in [-0.2, 0) is 9.47 Å². The summed E-state index contributed by atoms with van der Waals surface area (Å²) in [5.74, 6) is -1.04. The quantitative estimate of drug-likeness (QED) is 0.202. The standard InChI is InChI=1S/C36H36ClF3N6O5S/c1-35(2,3)51-34(47)44-32-21(12-41)23-20(6-7-22(39)30(23)52-32)24-26(37)29-25-28(27(24)40)42-33(50-16-36-8-5-9-45(36)13-17(38)11-36)43-31(25)46-18(14-48-4)10-19(46)15-49-29/h6-7,17-19H,5,8-11,13-16H2,1-4H3,(H,44,47)/t17-,18?,19?,36+/m1/s1. The molecule has 11 nitrogen and oxygen atoms in total. The Morgan fingerprint density at radius 1 is 1.27 bits per heavy atom. The highest BCUT2D eigenvalue weighted by molar-refractivity contribution is 7.23. The molecule has 16 heteroatoms. The number of nitriles is 1. The maximum absolute atomic E-state index is 17.4. The lowest BCUT2D eigenvalue weighted by atomic mass is 9.93. The number of hydrogen-bond donors (Lipinski definition) is 1. The van der Waals surface area contributed by atoms with Gasteiger partial charge >= 0.3 is 12.1 Å². The van der Waals surface area contributed by atoms with Gasteiger partial charge in [0.05, 0.1) is 44.9 Å². The molecule has 2 aromatic carbocycles. The van der Waals surface area contributed by atoms with Gasteiger partial charge in [-0.05, 0) is 58.2 Å². The van der Waals surface area contributed by atoms with Gasteiger partial charge in [-0.15, -0.1) is 11.3 Å². The van der Waals surface area contributed by atoms with E-state index in [0.717, 1.165) is 43.2 Å². The molecule has 4 atom stereocenters. The number of rotatable bonds is 7. The number of carbonyl (C=O) groups is 1. The molecule has 8 rings (SSSR count). The van der Waals surface area contributed by atoms with Gasteiger partial charge in [0.1, 0.15) is 53.2 Å². The number of fused-ring (bicyclic) bond motifs is 4. The van der Waals surface area contributed by atoms with Gasteiger partial charge in [-0.3, -0.25) is 10.2 Å². The minimum Gasteiger partial charge on any atom is -0.489 e. The summed E-state index contributed by atoms with van der Waals surface area (Å²) in [6.07, 6.45) is 0.925. The summed E-state index contributed by atoms with van der Waals surface area (Å²) >= 11 is 7.90. The number of alkyl halides is 1. The third-order valence-electron chi connectivity index (χ3n) is 10.3. The Morgan fingerprint density at radius 3 is 2.83 bits per heavy atom. The largest absolute Gasteiger partial charge is 0.489 e. The molecule has 4 aliphatic rings. The molecule has 52 heavy (non-hydrogen) atoms. The Balaban J connectivity index is 1.30. The van der Waals surface area contributed by atoms with E-state index < -0.39 is 35.0 Å². The van der Waals surface area contributed by atoms with Crippen molar-refractivity contribution in [3.05, 3.63) is 34.4 Å². The van der Waals surface area contributed by atoms with Crippen molar-refractivity contribution in [3.63, 3.8) is 0 Å². The number of benzene rings is 2. The average molecular weight is 757 g/mol. The molecule has 274 valence electrons. The van der Waals surface area contributed by atoms with E-state index in [1.165, 1.54) is 6.07 Å². The van der Waals surface area contributed by atoms with Gasteiger partial charge in [-0.2, -0.15) is 15.2 Å². The monoisotopic (exact) mass is 756 g/mol. The maximum Gasteiger partial charge on any atom is 0.412 e. The minimum atomic E-state index is -0.965. The highest BCUT2D eigenvalue weighted by atomic mass is 35.5. The third kappa shape index (κ3) is 5.66. The van der Waals surface area contributed by atoms with Crippen LogP contribution >= 0.6 is 22.9 Å². The van der Waals surface area contributed by atoms with E-state index in [9.17, 15) is 14.4 Å². The van der Waals surface area contributed by atoms with Gasteiger partial charge in [-0.25, -0.2) is 18.0 Å². The molecule has 0 saturated carbocycles. The van der Waals surface area contributed by atoms with Gasteiger partial charge in [0.25, 0.3) is 0 Å². The number of nitrogens with one attached hydrogen (secondary N) is 1. The van der Waals surface area contributed by atoms with Gasteiger partial charge in [0.2, 0.25) is 0 Å². The second-order valence-electron chi connectivity index (χ2n) is 14.8. The van der Waals surface area contributed by atoms with Gasteiger partial charge in [0.15, 0.2) is 11.6 Å². The summed E-state index contributed by atoms with van der Waals surface area (Å²) in [5.41, 5.74) is -1.65. The van der Waals surface area contributed by atoms with Crippen LogP contribution in [0.5, 0.6) is 11.8 Å². The third-order valence-corrected chi connectivity index (χ3v) is 11.8. The molecule has 4 aromatic rings. The number of methoxy groups -OCH3 is 1. The summed E-state index contributed by atoms with van der Waals surface area (Å²) in [4.78, 5) is 26.2. The van der Waals surface area contributed by atoms with Crippen LogP contribution < -0.4 is 19.7 Å². The van der Waals surface area contributed by atoms with Gasteiger partial charge in [0, 0.05) is 31.0 Å². The zero-order valence-electron chi connectivity index (χ0n) is 28.9. The second-order valence-corrected chi connectivity index (χ2v) is 16.2. The van der Waals surface area contributed by atoms with Crippen molar-refractivity contribution < 1.29 is 36.9 Å². The van der Waals surface area contributed by atoms with E-state index in [2.05, 4.69) is 21.3 Å². The molecule has 6 heterocycles. The molecule has 3 fully saturated rings. The summed E-state index contributed by atoms with van der Waals surface area (Å²) in [5, 5.41) is 13.1. The normalized spacial score (nSPS) is 23.8. The number of amides is 1. The number of hydrogen-bond acceptors (Lipinski definition) is 11. The molecule has 2 aromatic heterocycles. The Bertz CT molecular complexity index is 2170. The van der Waals surface area contributed by atoms with Crippen LogP contribution in [0.2, 0.25) is 5.02 Å². The minimum absolute atomic E-state index is 0.00419. The fourth-order valence-electron chi connectivity index (χ4n) is 8.19. The topological polar surface area (TPSA) is 122 Å². The van der Waals surface area contributed by atoms with Crippen molar-refractivity contribution >= 4 is 60.8 Å². The van der Waals surface area contributed by atoms with E-state index in [1.54, 1.807) is 27.9 Å². The SMILES string of the molecule is COCC1CC2COc3c(Cl)c(-c4ccc(F)c5sc(NC(=O)OC(C)(C)C)c(C#N)c45)c(F)c4nc(OC[C@@]56CCCN5C[C@H](F)C6)nc(c34)N12. The van der Waals surface area contributed by atoms with Crippen LogP contribution in [0.15, 0.2) is 12.1 Å². The lowest BCUT2D eigenvalue weighted by Gasteiger charge is -2.48. The van der Waals surface area contributed by atoms with Gasteiger partial charge in [-0.1, -0.05) is 17.7 Å². The second kappa shape index (κ2) is 12.8. The highest BCUT2D eigenvalue weighted by Crippen LogP contribution is 2.53. The first-order chi connectivity index (χ1) is 24.8. The molecule has 2 unspecified atom stereocenters. The number of nitrogens with zero attached hydrogens (tertiary/aromatic N) is 5. The zero-order valence-corrected chi connectivity index (χ0v) is 30.5. The first-order valence-electron chi connectivity index (χ1n) is 17.1. The molecule has 1 N–H and O–H groups in total. The van der Waals surface area contributed by atoms with E-state index >= 15 is 8.78 Å². The fourth-order valence-corrected chi connectivity index (χ4v) is 9.59. The summed E-state index contributed by atoms with van der Waals surface area (Å²) in [7, 11) is 1.60. The summed E-state index contributed by atoms with van der Waals surface area (Å²) < 4.78 is 70.8.